The first-order valence-electron chi connectivity index (χ1n) is 7.93. The standard InChI is InChI=1S/C19H20N2O/c1-12-7-8-18-14(9-12)10-15(19(22)21(18)2)17-11-13-5-3-4-6-16(13)20-17/h3-6,10-12,20H,7-9H2,1-2H3. The summed E-state index contributed by atoms with van der Waals surface area (Å²) in [4.78, 5) is 16.1. The van der Waals surface area contributed by atoms with Gasteiger partial charge in [0.1, 0.15) is 0 Å². The Bertz CT molecular complexity index is 884. The van der Waals surface area contributed by atoms with Crippen molar-refractivity contribution in [1.82, 2.24) is 9.55 Å². The molecule has 0 saturated carbocycles. The quantitative estimate of drug-likeness (QED) is 0.730. The molecule has 22 heavy (non-hydrogen) atoms. The molecule has 1 unspecified atom stereocenters. The van der Waals surface area contributed by atoms with E-state index in [2.05, 4.69) is 30.1 Å². The number of hydrogen-bond acceptors (Lipinski definition) is 1. The van der Waals surface area contributed by atoms with E-state index in [1.54, 1.807) is 0 Å². The lowest BCUT2D eigenvalue weighted by Crippen LogP contribution is -2.27. The molecule has 0 amide bonds. The molecule has 3 nitrogen and oxygen atoms in total. The van der Waals surface area contributed by atoms with Crippen LogP contribution in [0.4, 0.5) is 0 Å². The molecule has 2 heterocycles. The Morgan fingerprint density at radius 1 is 1.23 bits per heavy atom. The second kappa shape index (κ2) is 4.87. The first-order valence-corrected chi connectivity index (χ1v) is 7.93. The number of hydrogen-bond donors (Lipinski definition) is 1. The van der Waals surface area contributed by atoms with Crippen LogP contribution in [-0.2, 0) is 19.9 Å². The van der Waals surface area contributed by atoms with E-state index in [9.17, 15) is 4.79 Å². The van der Waals surface area contributed by atoms with Gasteiger partial charge in [-0.05, 0) is 48.9 Å². The van der Waals surface area contributed by atoms with Crippen molar-refractivity contribution >= 4 is 10.9 Å². The molecule has 1 aliphatic carbocycles. The normalized spacial score (nSPS) is 17.6. The van der Waals surface area contributed by atoms with E-state index in [-0.39, 0.29) is 5.56 Å². The predicted octanol–water partition coefficient (Wildman–Crippen LogP) is 3.66. The van der Waals surface area contributed by atoms with Gasteiger partial charge in [0.05, 0.1) is 11.3 Å². The molecule has 1 atom stereocenters. The van der Waals surface area contributed by atoms with Crippen LogP contribution >= 0.6 is 0 Å². The summed E-state index contributed by atoms with van der Waals surface area (Å²) >= 11 is 0. The second-order valence-electron chi connectivity index (χ2n) is 6.51. The van der Waals surface area contributed by atoms with Gasteiger partial charge < -0.3 is 9.55 Å². The minimum atomic E-state index is 0.0971. The Morgan fingerprint density at radius 3 is 2.86 bits per heavy atom. The summed E-state index contributed by atoms with van der Waals surface area (Å²) in [5.41, 5.74) is 5.41. The third kappa shape index (κ3) is 2.00. The monoisotopic (exact) mass is 292 g/mol. The fraction of sp³-hybridized carbons (Fsp3) is 0.316. The van der Waals surface area contributed by atoms with Crippen molar-refractivity contribution in [2.45, 2.75) is 26.2 Å². The van der Waals surface area contributed by atoms with Crippen molar-refractivity contribution in [1.29, 1.82) is 0 Å². The highest BCUT2D eigenvalue weighted by Crippen LogP contribution is 2.28. The topological polar surface area (TPSA) is 37.8 Å². The van der Waals surface area contributed by atoms with Crippen molar-refractivity contribution < 1.29 is 0 Å². The molecule has 0 fully saturated rings. The summed E-state index contributed by atoms with van der Waals surface area (Å²) < 4.78 is 1.85. The van der Waals surface area contributed by atoms with Crippen molar-refractivity contribution in [3.05, 3.63) is 58.0 Å². The summed E-state index contributed by atoms with van der Waals surface area (Å²) in [6.07, 6.45) is 3.25. The molecule has 0 spiro atoms. The number of aromatic nitrogens is 2. The van der Waals surface area contributed by atoms with Crippen LogP contribution in [0, 0.1) is 5.92 Å². The van der Waals surface area contributed by atoms with Gasteiger partial charge in [-0.3, -0.25) is 4.79 Å². The van der Waals surface area contributed by atoms with Gasteiger partial charge >= 0.3 is 0 Å². The number of aromatic amines is 1. The molecule has 1 aliphatic rings. The summed E-state index contributed by atoms with van der Waals surface area (Å²) in [7, 11) is 1.91. The number of nitrogens with zero attached hydrogens (tertiary/aromatic N) is 1. The molecule has 0 aliphatic heterocycles. The van der Waals surface area contributed by atoms with E-state index in [1.165, 1.54) is 17.7 Å². The van der Waals surface area contributed by atoms with Gasteiger partial charge in [0, 0.05) is 23.6 Å². The molecule has 0 saturated heterocycles. The number of fused-ring (bicyclic) bond motifs is 2. The SMILES string of the molecule is CC1CCc2c(cc(-c3cc4ccccc4[nH]3)c(=O)n2C)C1. The fourth-order valence-corrected chi connectivity index (χ4v) is 3.61. The zero-order chi connectivity index (χ0) is 15.3. The highest BCUT2D eigenvalue weighted by molar-refractivity contribution is 5.85. The smallest absolute Gasteiger partial charge is 0.259 e. The minimum Gasteiger partial charge on any atom is -0.354 e. The average molecular weight is 292 g/mol. The molecule has 3 heteroatoms. The highest BCUT2D eigenvalue weighted by Gasteiger charge is 2.20. The van der Waals surface area contributed by atoms with Gasteiger partial charge in [-0.2, -0.15) is 0 Å². The van der Waals surface area contributed by atoms with Crippen LogP contribution in [0.15, 0.2) is 41.2 Å². The lowest BCUT2D eigenvalue weighted by Gasteiger charge is -2.24. The zero-order valence-electron chi connectivity index (χ0n) is 13.0. The third-order valence-electron chi connectivity index (χ3n) is 4.89. The van der Waals surface area contributed by atoms with Gasteiger partial charge in [-0.25, -0.2) is 0 Å². The number of pyridine rings is 1. The van der Waals surface area contributed by atoms with Crippen LogP contribution < -0.4 is 5.56 Å². The summed E-state index contributed by atoms with van der Waals surface area (Å²) in [5, 5.41) is 1.14. The van der Waals surface area contributed by atoms with Gasteiger partial charge in [-0.1, -0.05) is 25.1 Å². The second-order valence-corrected chi connectivity index (χ2v) is 6.51. The maximum Gasteiger partial charge on any atom is 0.259 e. The van der Waals surface area contributed by atoms with Gasteiger partial charge in [0.2, 0.25) is 0 Å². The van der Waals surface area contributed by atoms with E-state index in [4.69, 9.17) is 0 Å². The Labute approximate surface area is 129 Å². The molecule has 2 aromatic heterocycles. The van der Waals surface area contributed by atoms with E-state index in [0.717, 1.165) is 35.0 Å². The maximum atomic E-state index is 12.7. The zero-order valence-corrected chi connectivity index (χ0v) is 13.0. The number of rotatable bonds is 1. The van der Waals surface area contributed by atoms with Crippen molar-refractivity contribution in [3.63, 3.8) is 0 Å². The molecule has 0 bridgehead atoms. The lowest BCUT2D eigenvalue weighted by molar-refractivity contribution is 0.481. The van der Waals surface area contributed by atoms with Crippen LogP contribution in [0.5, 0.6) is 0 Å². The molecule has 3 aromatic rings. The van der Waals surface area contributed by atoms with Crippen LogP contribution in [0.3, 0.4) is 0 Å². The number of para-hydroxylation sites is 1. The van der Waals surface area contributed by atoms with E-state index in [0.29, 0.717) is 5.92 Å². The highest BCUT2D eigenvalue weighted by atomic mass is 16.1. The van der Waals surface area contributed by atoms with E-state index < -0.39 is 0 Å². The first-order chi connectivity index (χ1) is 10.6. The summed E-state index contributed by atoms with van der Waals surface area (Å²) in [6, 6.07) is 12.3. The molecule has 112 valence electrons. The Kier molecular flexibility index (Phi) is 2.96. The van der Waals surface area contributed by atoms with Crippen molar-refractivity contribution in [3.8, 4) is 11.3 Å². The Hall–Kier alpha value is -2.29. The van der Waals surface area contributed by atoms with Crippen molar-refractivity contribution in [2.75, 3.05) is 0 Å². The largest absolute Gasteiger partial charge is 0.354 e. The van der Waals surface area contributed by atoms with Gasteiger partial charge in [0.25, 0.3) is 5.56 Å². The predicted molar refractivity (Wildman–Crippen MR) is 90.2 cm³/mol. The lowest BCUT2D eigenvalue weighted by atomic mass is 9.87. The molecular formula is C19H20N2O. The fourth-order valence-electron chi connectivity index (χ4n) is 3.61. The van der Waals surface area contributed by atoms with Gasteiger partial charge in [-0.15, -0.1) is 0 Å². The average Bonchev–Trinajstić information content (AvgIpc) is 2.94. The van der Waals surface area contributed by atoms with Crippen LogP contribution in [0.2, 0.25) is 0 Å². The van der Waals surface area contributed by atoms with Crippen LogP contribution in [0.25, 0.3) is 22.2 Å². The summed E-state index contributed by atoms with van der Waals surface area (Å²) in [5.74, 6) is 0.695. The Balaban J connectivity index is 1.93. The molecule has 0 radical (unpaired) electrons. The number of benzene rings is 1. The molecular weight excluding hydrogens is 272 g/mol. The Morgan fingerprint density at radius 2 is 2.05 bits per heavy atom. The van der Waals surface area contributed by atoms with E-state index >= 15 is 0 Å². The van der Waals surface area contributed by atoms with E-state index in [1.807, 2.05) is 29.8 Å². The maximum absolute atomic E-state index is 12.7. The first kappa shape index (κ1) is 13.4. The molecule has 1 aromatic carbocycles. The van der Waals surface area contributed by atoms with Crippen LogP contribution in [-0.4, -0.2) is 9.55 Å². The third-order valence-corrected chi connectivity index (χ3v) is 4.89. The van der Waals surface area contributed by atoms with Crippen molar-refractivity contribution in [2.24, 2.45) is 13.0 Å². The number of H-pyrrole nitrogens is 1. The summed E-state index contributed by atoms with van der Waals surface area (Å²) in [6.45, 7) is 2.29. The minimum absolute atomic E-state index is 0.0971. The van der Waals surface area contributed by atoms with Gasteiger partial charge in [0.15, 0.2) is 0 Å². The molecule has 1 N–H and O–H groups in total. The van der Waals surface area contributed by atoms with Crippen LogP contribution in [0.1, 0.15) is 24.6 Å². The molecule has 4 rings (SSSR count). The number of nitrogens with one attached hydrogen (secondary N) is 1.